The summed E-state index contributed by atoms with van der Waals surface area (Å²) in [6.07, 6.45) is 4.82. The highest BCUT2D eigenvalue weighted by molar-refractivity contribution is 7.13. The lowest BCUT2D eigenvalue weighted by Gasteiger charge is -2.16. The third kappa shape index (κ3) is 6.29. The largest absolute Gasteiger partial charge is 0.462 e. The summed E-state index contributed by atoms with van der Waals surface area (Å²) in [6, 6.07) is 3.10. The minimum absolute atomic E-state index is 0.0440. The Bertz CT molecular complexity index is 1580. The van der Waals surface area contributed by atoms with E-state index in [0.29, 0.717) is 47.6 Å². The number of ether oxygens (including phenoxy) is 1. The lowest BCUT2D eigenvalue weighted by atomic mass is 10.0. The fourth-order valence-electron chi connectivity index (χ4n) is 3.98. The fourth-order valence-corrected chi connectivity index (χ4v) is 4.81. The summed E-state index contributed by atoms with van der Waals surface area (Å²) in [5.74, 6) is -0.313. The molecule has 4 rings (SSSR count). The van der Waals surface area contributed by atoms with Gasteiger partial charge >= 0.3 is 12.0 Å². The van der Waals surface area contributed by atoms with E-state index < -0.39 is 11.4 Å². The number of pyridine rings is 3. The zero-order chi connectivity index (χ0) is 28.1. The molecule has 0 bridgehead atoms. The first-order chi connectivity index (χ1) is 18.7. The fraction of sp³-hybridized carbons (Fsp3) is 0.333. The number of rotatable bonds is 9. The highest BCUT2D eigenvalue weighted by atomic mass is 32.1. The Balaban J connectivity index is 1.89. The molecule has 0 spiro atoms. The molecule has 4 aromatic rings. The van der Waals surface area contributed by atoms with Gasteiger partial charge in [0.05, 0.1) is 12.0 Å². The summed E-state index contributed by atoms with van der Waals surface area (Å²) in [5.41, 5.74) is 2.86. The number of amides is 2. The smallest absolute Gasteiger partial charge is 0.343 e. The van der Waals surface area contributed by atoms with E-state index in [0.717, 1.165) is 16.3 Å². The number of thiazole rings is 1. The van der Waals surface area contributed by atoms with E-state index in [1.807, 2.05) is 38.2 Å². The number of aromatic nitrogens is 4. The van der Waals surface area contributed by atoms with Gasteiger partial charge < -0.3 is 19.5 Å². The second kappa shape index (κ2) is 12.1. The van der Waals surface area contributed by atoms with Crippen LogP contribution in [0.15, 0.2) is 40.9 Å². The number of hydrogen-bond donors (Lipinski definition) is 2. The molecule has 2 amide bonds. The van der Waals surface area contributed by atoms with Gasteiger partial charge in [0.25, 0.3) is 0 Å². The van der Waals surface area contributed by atoms with Crippen molar-refractivity contribution in [3.05, 3.63) is 57.6 Å². The first kappa shape index (κ1) is 27.9. The van der Waals surface area contributed by atoms with Gasteiger partial charge in [-0.15, -0.1) is 11.3 Å². The zero-order valence-corrected chi connectivity index (χ0v) is 23.4. The van der Waals surface area contributed by atoms with E-state index in [-0.39, 0.29) is 18.2 Å². The Morgan fingerprint density at radius 1 is 1.13 bits per heavy atom. The molecule has 0 unspecified atom stereocenters. The molecule has 0 aromatic carbocycles. The zero-order valence-electron chi connectivity index (χ0n) is 22.6. The molecule has 2 N–H and O–H groups in total. The monoisotopic (exact) mass is 549 g/mol. The van der Waals surface area contributed by atoms with Crippen molar-refractivity contribution in [3.8, 4) is 21.7 Å². The molecule has 11 nitrogen and oxygen atoms in total. The molecule has 204 valence electrons. The van der Waals surface area contributed by atoms with Gasteiger partial charge in [0.15, 0.2) is 0 Å². The summed E-state index contributed by atoms with van der Waals surface area (Å²) in [4.78, 5) is 53.9. The molecule has 0 fully saturated rings. The van der Waals surface area contributed by atoms with E-state index in [1.165, 1.54) is 17.5 Å². The summed E-state index contributed by atoms with van der Waals surface area (Å²) in [7, 11) is 3.89. The van der Waals surface area contributed by atoms with Crippen LogP contribution in [-0.4, -0.2) is 70.2 Å². The molecule has 0 aliphatic carbocycles. The van der Waals surface area contributed by atoms with Gasteiger partial charge in [-0.05, 0) is 47.0 Å². The van der Waals surface area contributed by atoms with Crippen LogP contribution in [0, 0.1) is 6.92 Å². The number of urea groups is 1. The maximum atomic E-state index is 13.5. The van der Waals surface area contributed by atoms with Crippen LogP contribution >= 0.6 is 11.3 Å². The predicted molar refractivity (Wildman–Crippen MR) is 152 cm³/mol. The van der Waals surface area contributed by atoms with Crippen molar-refractivity contribution in [1.82, 2.24) is 29.7 Å². The number of nitrogens with one attached hydrogen (secondary N) is 2. The number of fused-ring (bicyclic) bond motifs is 1. The molecule has 4 heterocycles. The highest BCUT2D eigenvalue weighted by Crippen LogP contribution is 2.35. The SMILES string of the molecule is CCNC(=O)Nc1cc(-c2nc(C)cs2)c(-c2cnc3c(c2)c(=O)c(C(=O)OCC)cn3CCN(C)C)cn1. The first-order valence-corrected chi connectivity index (χ1v) is 13.4. The van der Waals surface area contributed by atoms with Crippen molar-refractivity contribution in [2.45, 2.75) is 27.3 Å². The predicted octanol–water partition coefficient (Wildman–Crippen LogP) is 3.77. The van der Waals surface area contributed by atoms with E-state index in [9.17, 15) is 14.4 Å². The van der Waals surface area contributed by atoms with Crippen molar-refractivity contribution < 1.29 is 14.3 Å². The van der Waals surface area contributed by atoms with Crippen LogP contribution in [0.2, 0.25) is 0 Å². The molecule has 4 aromatic heterocycles. The normalized spacial score (nSPS) is 11.1. The molecule has 0 radical (unpaired) electrons. The molecule has 0 aliphatic heterocycles. The molecule has 0 aliphatic rings. The van der Waals surface area contributed by atoms with Crippen LogP contribution in [0.5, 0.6) is 0 Å². The molecule has 0 atom stereocenters. The first-order valence-electron chi connectivity index (χ1n) is 12.5. The lowest BCUT2D eigenvalue weighted by molar-refractivity contribution is 0.0524. The van der Waals surface area contributed by atoms with Gasteiger partial charge in [-0.1, -0.05) is 0 Å². The minimum Gasteiger partial charge on any atom is -0.462 e. The van der Waals surface area contributed by atoms with Gasteiger partial charge in [0.2, 0.25) is 5.43 Å². The van der Waals surface area contributed by atoms with E-state index >= 15 is 0 Å². The Morgan fingerprint density at radius 3 is 2.59 bits per heavy atom. The Kier molecular flexibility index (Phi) is 8.67. The number of likely N-dealkylation sites (N-methyl/N-ethyl adjacent to an activating group) is 1. The number of esters is 1. The maximum Gasteiger partial charge on any atom is 0.343 e. The Labute approximate surface area is 229 Å². The molecule has 0 saturated heterocycles. The van der Waals surface area contributed by atoms with Crippen LogP contribution < -0.4 is 16.1 Å². The quantitative estimate of drug-likeness (QED) is 0.302. The summed E-state index contributed by atoms with van der Waals surface area (Å²) < 4.78 is 6.96. The number of anilines is 1. The summed E-state index contributed by atoms with van der Waals surface area (Å²) >= 11 is 1.46. The van der Waals surface area contributed by atoms with Crippen LogP contribution in [0.3, 0.4) is 0 Å². The Morgan fingerprint density at radius 2 is 1.92 bits per heavy atom. The Hall–Kier alpha value is -4.16. The summed E-state index contributed by atoms with van der Waals surface area (Å²) in [5, 5.41) is 8.37. The van der Waals surface area contributed by atoms with Gasteiger partial charge in [-0.2, -0.15) is 0 Å². The lowest BCUT2D eigenvalue weighted by Crippen LogP contribution is -2.28. The topological polar surface area (TPSA) is 131 Å². The number of hydrogen-bond acceptors (Lipinski definition) is 9. The van der Waals surface area contributed by atoms with Gasteiger partial charge in [0.1, 0.15) is 22.0 Å². The molecule has 0 saturated carbocycles. The third-order valence-electron chi connectivity index (χ3n) is 5.84. The molecular weight excluding hydrogens is 518 g/mol. The third-order valence-corrected chi connectivity index (χ3v) is 6.83. The van der Waals surface area contributed by atoms with Crippen molar-refractivity contribution >= 4 is 40.2 Å². The average molecular weight is 550 g/mol. The number of aryl methyl sites for hydroxylation is 1. The molecular formula is C27H31N7O4S. The van der Waals surface area contributed by atoms with Gasteiger partial charge in [0, 0.05) is 66.0 Å². The molecule has 12 heteroatoms. The van der Waals surface area contributed by atoms with Crippen LogP contribution in [0.1, 0.15) is 29.9 Å². The van der Waals surface area contributed by atoms with E-state index in [2.05, 4.69) is 25.6 Å². The average Bonchev–Trinajstić information content (AvgIpc) is 3.34. The standard InChI is InChI=1S/C27H31N7O4S/c1-6-28-27(37)32-22-11-18(25-31-16(3)15-39-25)20(13-29-22)17-10-19-23(35)21(26(36)38-7-2)14-34(9-8-33(4)5)24(19)30-12-17/h10-15H,6-9H2,1-5H3,(H2,28,29,32,37). The highest BCUT2D eigenvalue weighted by Gasteiger charge is 2.20. The van der Waals surface area contributed by atoms with Crippen LogP contribution in [0.25, 0.3) is 32.7 Å². The second-order valence-corrected chi connectivity index (χ2v) is 9.94. The number of carbonyl (C=O) groups excluding carboxylic acids is 2. The van der Waals surface area contributed by atoms with Crippen molar-refractivity contribution in [2.24, 2.45) is 0 Å². The van der Waals surface area contributed by atoms with Crippen LogP contribution in [-0.2, 0) is 11.3 Å². The summed E-state index contributed by atoms with van der Waals surface area (Å²) in [6.45, 7) is 7.27. The second-order valence-electron chi connectivity index (χ2n) is 9.08. The van der Waals surface area contributed by atoms with Crippen LogP contribution in [0.4, 0.5) is 10.6 Å². The van der Waals surface area contributed by atoms with Gasteiger partial charge in [-0.25, -0.2) is 24.5 Å². The number of nitrogens with zero attached hydrogens (tertiary/aromatic N) is 5. The number of carbonyl (C=O) groups is 2. The molecule has 39 heavy (non-hydrogen) atoms. The maximum absolute atomic E-state index is 13.5. The minimum atomic E-state index is -0.671. The van der Waals surface area contributed by atoms with Gasteiger partial charge in [-0.3, -0.25) is 10.1 Å². The van der Waals surface area contributed by atoms with Crippen molar-refractivity contribution in [2.75, 3.05) is 39.1 Å². The van der Waals surface area contributed by atoms with E-state index in [4.69, 9.17) is 4.74 Å². The van der Waals surface area contributed by atoms with E-state index in [1.54, 1.807) is 36.0 Å². The van der Waals surface area contributed by atoms with Crippen molar-refractivity contribution in [3.63, 3.8) is 0 Å². The van der Waals surface area contributed by atoms with Crippen molar-refractivity contribution in [1.29, 1.82) is 0 Å².